The Kier molecular flexibility index (Phi) is 6.52. The van der Waals surface area contributed by atoms with E-state index in [1.807, 2.05) is 6.92 Å². The van der Waals surface area contributed by atoms with Gasteiger partial charge in [0.05, 0.1) is 29.7 Å². The van der Waals surface area contributed by atoms with Crippen LogP contribution in [0, 0.1) is 0 Å². The number of nitrogens with zero attached hydrogens (tertiary/aromatic N) is 2. The zero-order chi connectivity index (χ0) is 23.7. The van der Waals surface area contributed by atoms with Crippen LogP contribution >= 0.6 is 0 Å². The van der Waals surface area contributed by atoms with Gasteiger partial charge in [0.2, 0.25) is 15.9 Å². The Bertz CT molecular complexity index is 1130. The lowest BCUT2D eigenvalue weighted by atomic mass is 10.00. The number of esters is 1. The largest absolute Gasteiger partial charge is 0.465 e. The molecule has 1 atom stereocenters. The van der Waals surface area contributed by atoms with E-state index in [1.54, 1.807) is 32.0 Å². The first kappa shape index (κ1) is 23.6. The van der Waals surface area contributed by atoms with Crippen molar-refractivity contribution in [2.45, 2.75) is 50.1 Å². The molecule has 1 aliphatic rings. The number of ether oxygens (including phenoxy) is 1. The highest BCUT2D eigenvalue weighted by atomic mass is 32.2. The molecule has 1 fully saturated rings. The molecule has 0 bridgehead atoms. The SMILES string of the molecule is CCC(C)(C)N(C1CC(=O)N(c2ccc(C(=O)OC)cc2)C1=O)S(=O)(=O)c1ccccc1. The molecule has 0 saturated carbocycles. The van der Waals surface area contributed by atoms with Gasteiger partial charge >= 0.3 is 5.97 Å². The summed E-state index contributed by atoms with van der Waals surface area (Å²) < 4.78 is 33.0. The fourth-order valence-corrected chi connectivity index (χ4v) is 5.72. The van der Waals surface area contributed by atoms with Gasteiger partial charge in [-0.2, -0.15) is 4.31 Å². The van der Waals surface area contributed by atoms with Crippen molar-refractivity contribution in [1.82, 2.24) is 4.31 Å². The molecule has 3 rings (SSSR count). The molecule has 1 unspecified atom stereocenters. The Balaban J connectivity index is 2.02. The van der Waals surface area contributed by atoms with Gasteiger partial charge < -0.3 is 4.74 Å². The second kappa shape index (κ2) is 8.84. The van der Waals surface area contributed by atoms with Crippen molar-refractivity contribution in [2.75, 3.05) is 12.0 Å². The van der Waals surface area contributed by atoms with Gasteiger partial charge in [-0.1, -0.05) is 25.1 Å². The molecule has 170 valence electrons. The van der Waals surface area contributed by atoms with Crippen LogP contribution in [0.1, 0.15) is 44.0 Å². The zero-order valence-corrected chi connectivity index (χ0v) is 19.3. The van der Waals surface area contributed by atoms with E-state index in [2.05, 4.69) is 4.74 Å². The summed E-state index contributed by atoms with van der Waals surface area (Å²) in [5.74, 6) is -1.67. The number of rotatable bonds is 7. The molecule has 2 aromatic carbocycles. The lowest BCUT2D eigenvalue weighted by Gasteiger charge is -2.39. The van der Waals surface area contributed by atoms with Crippen molar-refractivity contribution in [3.8, 4) is 0 Å². The third-order valence-corrected chi connectivity index (χ3v) is 7.85. The van der Waals surface area contributed by atoms with Crippen LogP contribution in [0.25, 0.3) is 0 Å². The molecule has 0 spiro atoms. The molecule has 1 saturated heterocycles. The van der Waals surface area contributed by atoms with Crippen LogP contribution in [-0.2, 0) is 24.3 Å². The Labute approximate surface area is 187 Å². The minimum Gasteiger partial charge on any atom is -0.465 e. The maximum Gasteiger partial charge on any atom is 0.337 e. The molecule has 2 amide bonds. The smallest absolute Gasteiger partial charge is 0.337 e. The van der Waals surface area contributed by atoms with Crippen molar-refractivity contribution in [1.29, 1.82) is 0 Å². The minimum atomic E-state index is -4.07. The Hall–Kier alpha value is -3.04. The molecule has 8 nitrogen and oxygen atoms in total. The van der Waals surface area contributed by atoms with E-state index in [0.717, 1.165) is 4.90 Å². The van der Waals surface area contributed by atoms with Crippen LogP contribution < -0.4 is 4.90 Å². The van der Waals surface area contributed by atoms with Crippen LogP contribution in [0.15, 0.2) is 59.5 Å². The molecule has 1 heterocycles. The molecule has 1 aliphatic heterocycles. The highest BCUT2D eigenvalue weighted by molar-refractivity contribution is 7.89. The monoisotopic (exact) mass is 458 g/mol. The maximum absolute atomic E-state index is 13.6. The molecule has 0 aromatic heterocycles. The fraction of sp³-hybridized carbons (Fsp3) is 0.348. The maximum atomic E-state index is 13.6. The second-order valence-electron chi connectivity index (χ2n) is 8.11. The number of imide groups is 1. The van der Waals surface area contributed by atoms with Crippen molar-refractivity contribution in [3.05, 3.63) is 60.2 Å². The van der Waals surface area contributed by atoms with Crippen molar-refractivity contribution in [2.24, 2.45) is 0 Å². The number of carbonyl (C=O) groups excluding carboxylic acids is 3. The molecule has 0 N–H and O–H groups in total. The summed E-state index contributed by atoms with van der Waals surface area (Å²) in [5.41, 5.74) is -0.381. The summed E-state index contributed by atoms with van der Waals surface area (Å²) in [5, 5.41) is 0. The van der Waals surface area contributed by atoms with Gasteiger partial charge in [0.1, 0.15) is 6.04 Å². The Morgan fingerprint density at radius 2 is 1.69 bits per heavy atom. The predicted molar refractivity (Wildman–Crippen MR) is 119 cm³/mol. The summed E-state index contributed by atoms with van der Waals surface area (Å²) in [4.78, 5) is 38.9. The van der Waals surface area contributed by atoms with E-state index in [0.29, 0.717) is 6.42 Å². The summed E-state index contributed by atoms with van der Waals surface area (Å²) in [6, 6.07) is 12.5. The molecule has 0 radical (unpaired) electrons. The van der Waals surface area contributed by atoms with Gasteiger partial charge in [-0.3, -0.25) is 9.59 Å². The van der Waals surface area contributed by atoms with Crippen LogP contribution in [-0.4, -0.2) is 49.2 Å². The minimum absolute atomic E-state index is 0.0580. The number of methoxy groups -OCH3 is 1. The quantitative estimate of drug-likeness (QED) is 0.467. The molecule has 2 aromatic rings. The number of amides is 2. The average Bonchev–Trinajstić information content (AvgIpc) is 3.06. The third kappa shape index (κ3) is 4.18. The number of sulfonamides is 1. The normalized spacial score (nSPS) is 17.2. The van der Waals surface area contributed by atoms with Crippen LogP contribution in [0.4, 0.5) is 5.69 Å². The van der Waals surface area contributed by atoms with Crippen molar-refractivity contribution >= 4 is 33.5 Å². The first-order chi connectivity index (χ1) is 15.0. The van der Waals surface area contributed by atoms with Crippen molar-refractivity contribution < 1.29 is 27.5 Å². The summed E-state index contributed by atoms with van der Waals surface area (Å²) >= 11 is 0. The summed E-state index contributed by atoms with van der Waals surface area (Å²) in [7, 11) is -2.81. The number of hydrogen-bond donors (Lipinski definition) is 0. The van der Waals surface area contributed by atoms with Crippen molar-refractivity contribution in [3.63, 3.8) is 0 Å². The summed E-state index contributed by atoms with van der Waals surface area (Å²) in [6.45, 7) is 5.30. The molecule has 32 heavy (non-hydrogen) atoms. The zero-order valence-electron chi connectivity index (χ0n) is 18.4. The van der Waals surface area contributed by atoms with Crippen LogP contribution in [0.5, 0.6) is 0 Å². The Morgan fingerprint density at radius 1 is 1.09 bits per heavy atom. The predicted octanol–water partition coefficient (Wildman–Crippen LogP) is 2.98. The molecular formula is C23H26N2O6S. The lowest BCUT2D eigenvalue weighted by Crippen LogP contribution is -2.55. The molecule has 0 aliphatic carbocycles. The first-order valence-electron chi connectivity index (χ1n) is 10.2. The number of hydrogen-bond acceptors (Lipinski definition) is 6. The average molecular weight is 459 g/mol. The summed E-state index contributed by atoms with van der Waals surface area (Å²) in [6.07, 6.45) is 0.165. The van der Waals surface area contributed by atoms with E-state index in [-0.39, 0.29) is 22.6 Å². The van der Waals surface area contributed by atoms with Gasteiger partial charge in [0, 0.05) is 5.54 Å². The van der Waals surface area contributed by atoms with E-state index >= 15 is 0 Å². The van der Waals surface area contributed by atoms with E-state index in [4.69, 9.17) is 0 Å². The highest BCUT2D eigenvalue weighted by Gasteiger charge is 2.51. The standard InChI is InChI=1S/C23H26N2O6S/c1-5-23(2,3)25(32(29,30)18-9-7-6-8-10-18)19-15-20(26)24(21(19)27)17-13-11-16(12-14-17)22(28)31-4/h6-14,19H,5,15H2,1-4H3. The second-order valence-corrected chi connectivity index (χ2v) is 9.92. The fourth-order valence-electron chi connectivity index (χ4n) is 3.71. The van der Waals surface area contributed by atoms with Crippen LogP contribution in [0.3, 0.4) is 0 Å². The van der Waals surface area contributed by atoms with E-state index in [1.165, 1.54) is 47.8 Å². The van der Waals surface area contributed by atoms with Gasteiger partial charge in [-0.05, 0) is 56.7 Å². The van der Waals surface area contributed by atoms with E-state index < -0.39 is 39.4 Å². The lowest BCUT2D eigenvalue weighted by molar-refractivity contribution is -0.122. The number of carbonyl (C=O) groups is 3. The molecular weight excluding hydrogens is 432 g/mol. The highest BCUT2D eigenvalue weighted by Crippen LogP contribution is 2.35. The van der Waals surface area contributed by atoms with Gasteiger partial charge in [0.15, 0.2) is 0 Å². The van der Waals surface area contributed by atoms with Gasteiger partial charge in [-0.25, -0.2) is 18.1 Å². The van der Waals surface area contributed by atoms with Crippen LogP contribution in [0.2, 0.25) is 0 Å². The molecule has 9 heteroatoms. The number of benzene rings is 2. The Morgan fingerprint density at radius 3 is 2.22 bits per heavy atom. The first-order valence-corrected chi connectivity index (χ1v) is 11.6. The number of anilines is 1. The van der Waals surface area contributed by atoms with Gasteiger partial charge in [-0.15, -0.1) is 0 Å². The van der Waals surface area contributed by atoms with E-state index in [9.17, 15) is 22.8 Å². The third-order valence-electron chi connectivity index (χ3n) is 5.71. The van der Waals surface area contributed by atoms with Gasteiger partial charge in [0.25, 0.3) is 5.91 Å². The topological polar surface area (TPSA) is 101 Å².